The maximum atomic E-state index is 13.6. The van der Waals surface area contributed by atoms with Gasteiger partial charge in [0.25, 0.3) is 5.91 Å². The number of nitrogens with one attached hydrogen (secondary N) is 1. The molecule has 0 spiro atoms. The van der Waals surface area contributed by atoms with Gasteiger partial charge in [0, 0.05) is 29.9 Å². The summed E-state index contributed by atoms with van der Waals surface area (Å²) in [7, 11) is 1.61. The lowest BCUT2D eigenvalue weighted by Crippen LogP contribution is -2.16. The molecule has 7 nitrogen and oxygen atoms in total. The van der Waals surface area contributed by atoms with Crippen molar-refractivity contribution in [2.24, 2.45) is 7.05 Å². The molecule has 1 amide bonds. The van der Waals surface area contributed by atoms with Gasteiger partial charge in [-0.25, -0.2) is 4.98 Å². The van der Waals surface area contributed by atoms with Crippen LogP contribution in [0.5, 0.6) is 0 Å². The minimum atomic E-state index is -4.60. The van der Waals surface area contributed by atoms with E-state index < -0.39 is 17.6 Å². The van der Waals surface area contributed by atoms with Gasteiger partial charge in [0.15, 0.2) is 5.82 Å². The van der Waals surface area contributed by atoms with Crippen molar-refractivity contribution >= 4 is 28.0 Å². The summed E-state index contributed by atoms with van der Waals surface area (Å²) in [5.41, 5.74) is 2.00. The lowest BCUT2D eigenvalue weighted by molar-refractivity contribution is -0.137. The second-order valence-corrected chi connectivity index (χ2v) is 8.01. The number of aromatic nitrogens is 5. The van der Waals surface area contributed by atoms with Crippen LogP contribution in [-0.4, -0.2) is 30.3 Å². The second kappa shape index (κ2) is 7.85. The number of anilines is 1. The number of carbonyl (C=O) groups is 1. The van der Waals surface area contributed by atoms with Crippen molar-refractivity contribution < 1.29 is 18.0 Å². The number of hydrogen-bond acceptors (Lipinski definition) is 5. The first kappa shape index (κ1) is 20.9. The number of hydrogen-bond donors (Lipinski definition) is 1. The Morgan fingerprint density at radius 3 is 2.58 bits per heavy atom. The summed E-state index contributed by atoms with van der Waals surface area (Å²) in [6.07, 6.45) is -3.06. The van der Waals surface area contributed by atoms with Crippen molar-refractivity contribution in [3.05, 3.63) is 77.4 Å². The summed E-state index contributed by atoms with van der Waals surface area (Å²) in [6.45, 7) is 0. The predicted molar refractivity (Wildman–Crippen MR) is 118 cm³/mol. The van der Waals surface area contributed by atoms with E-state index in [2.05, 4.69) is 20.5 Å². The average Bonchev–Trinajstić information content (AvgIpc) is 3.51. The van der Waals surface area contributed by atoms with Crippen LogP contribution in [0.4, 0.5) is 19.0 Å². The zero-order valence-corrected chi connectivity index (χ0v) is 17.9. The predicted octanol–water partition coefficient (Wildman–Crippen LogP) is 5.13. The molecular weight excluding hydrogens is 453 g/mol. The summed E-state index contributed by atoms with van der Waals surface area (Å²) in [4.78, 5) is 18.2. The Hall–Kier alpha value is -3.99. The molecule has 11 heteroatoms. The van der Waals surface area contributed by atoms with E-state index in [0.29, 0.717) is 16.5 Å². The minimum Gasteiger partial charge on any atom is -0.305 e. The number of rotatable bonds is 4. The standard InChI is InChI=1S/C22H15F3N6OS/c1-30-10-9-17(29-30)15-11-14(7-8-16(15)22(23,24)25)20(32)28-19-18(13-5-3-2-4-6-13)27-21-31(19)26-12-33-21/h2-12H,1H3,(H,28,32). The third-order valence-electron chi connectivity index (χ3n) is 5.00. The fourth-order valence-electron chi connectivity index (χ4n) is 3.49. The number of amides is 1. The third kappa shape index (κ3) is 3.87. The van der Waals surface area contributed by atoms with E-state index in [9.17, 15) is 18.0 Å². The molecule has 0 aliphatic rings. The first-order valence-electron chi connectivity index (χ1n) is 9.71. The molecule has 0 saturated carbocycles. The Balaban J connectivity index is 1.56. The average molecular weight is 468 g/mol. The van der Waals surface area contributed by atoms with Crippen molar-refractivity contribution in [3.63, 3.8) is 0 Å². The lowest BCUT2D eigenvalue weighted by Gasteiger charge is -2.13. The van der Waals surface area contributed by atoms with Gasteiger partial charge in [-0.05, 0) is 24.3 Å². The zero-order chi connectivity index (χ0) is 23.2. The summed E-state index contributed by atoms with van der Waals surface area (Å²) in [6, 6.07) is 13.9. The SMILES string of the molecule is Cn1ccc(-c2cc(C(=O)Nc3c(-c4ccccc4)nc4scnn34)ccc2C(F)(F)F)n1. The van der Waals surface area contributed by atoms with Gasteiger partial charge in [0.1, 0.15) is 11.2 Å². The van der Waals surface area contributed by atoms with Crippen LogP contribution in [-0.2, 0) is 13.2 Å². The number of imidazole rings is 1. The van der Waals surface area contributed by atoms with Crippen molar-refractivity contribution in [2.45, 2.75) is 6.18 Å². The zero-order valence-electron chi connectivity index (χ0n) is 17.0. The number of nitrogens with zero attached hydrogens (tertiary/aromatic N) is 5. The van der Waals surface area contributed by atoms with E-state index in [-0.39, 0.29) is 16.8 Å². The molecule has 0 saturated heterocycles. The molecule has 0 bridgehead atoms. The minimum absolute atomic E-state index is 0.0489. The van der Waals surface area contributed by atoms with E-state index in [1.165, 1.54) is 32.7 Å². The molecule has 0 unspecified atom stereocenters. The third-order valence-corrected chi connectivity index (χ3v) is 5.68. The van der Waals surface area contributed by atoms with Crippen LogP contribution in [0.1, 0.15) is 15.9 Å². The van der Waals surface area contributed by atoms with Gasteiger partial charge in [-0.2, -0.15) is 27.9 Å². The van der Waals surface area contributed by atoms with Crippen LogP contribution in [0.15, 0.2) is 66.3 Å². The van der Waals surface area contributed by atoms with Gasteiger partial charge in [-0.1, -0.05) is 41.7 Å². The van der Waals surface area contributed by atoms with Gasteiger partial charge >= 0.3 is 6.18 Å². The van der Waals surface area contributed by atoms with Gasteiger partial charge in [-0.15, -0.1) is 0 Å². The van der Waals surface area contributed by atoms with Crippen molar-refractivity contribution in [1.82, 2.24) is 24.4 Å². The number of alkyl halides is 3. The molecule has 0 aliphatic heterocycles. The van der Waals surface area contributed by atoms with Crippen molar-refractivity contribution in [2.75, 3.05) is 5.32 Å². The van der Waals surface area contributed by atoms with Crippen LogP contribution in [0.2, 0.25) is 0 Å². The number of benzene rings is 2. The first-order valence-corrected chi connectivity index (χ1v) is 10.6. The Kier molecular flexibility index (Phi) is 4.97. The van der Waals surface area contributed by atoms with E-state index >= 15 is 0 Å². The van der Waals surface area contributed by atoms with E-state index in [1.54, 1.807) is 18.8 Å². The molecule has 5 aromatic rings. The van der Waals surface area contributed by atoms with Crippen LogP contribution in [0.25, 0.3) is 27.5 Å². The highest BCUT2D eigenvalue weighted by Crippen LogP contribution is 2.37. The Morgan fingerprint density at radius 1 is 1.09 bits per heavy atom. The van der Waals surface area contributed by atoms with Crippen LogP contribution in [0.3, 0.4) is 0 Å². The highest BCUT2D eigenvalue weighted by molar-refractivity contribution is 7.14. The monoisotopic (exact) mass is 468 g/mol. The number of halogens is 3. The number of aryl methyl sites for hydroxylation is 1. The van der Waals surface area contributed by atoms with Crippen LogP contribution in [0, 0.1) is 0 Å². The van der Waals surface area contributed by atoms with Gasteiger partial charge in [0.05, 0.1) is 11.3 Å². The highest BCUT2D eigenvalue weighted by Gasteiger charge is 2.34. The van der Waals surface area contributed by atoms with E-state index in [1.807, 2.05) is 30.3 Å². The normalized spacial score (nSPS) is 11.8. The highest BCUT2D eigenvalue weighted by atomic mass is 32.1. The summed E-state index contributed by atoms with van der Waals surface area (Å²) >= 11 is 1.30. The molecule has 2 aromatic carbocycles. The fraction of sp³-hybridized carbons (Fsp3) is 0.0909. The largest absolute Gasteiger partial charge is 0.417 e. The smallest absolute Gasteiger partial charge is 0.305 e. The molecule has 33 heavy (non-hydrogen) atoms. The molecular formula is C22H15F3N6OS. The lowest BCUT2D eigenvalue weighted by atomic mass is 10.0. The first-order chi connectivity index (χ1) is 15.8. The number of fused-ring (bicyclic) bond motifs is 1. The maximum Gasteiger partial charge on any atom is 0.417 e. The molecule has 0 radical (unpaired) electrons. The molecule has 1 N–H and O–H groups in total. The van der Waals surface area contributed by atoms with Crippen molar-refractivity contribution in [3.8, 4) is 22.5 Å². The second-order valence-electron chi connectivity index (χ2n) is 7.20. The quantitative estimate of drug-likeness (QED) is 0.397. The van der Waals surface area contributed by atoms with Crippen LogP contribution < -0.4 is 5.32 Å². The summed E-state index contributed by atoms with van der Waals surface area (Å²) < 4.78 is 43.7. The van der Waals surface area contributed by atoms with E-state index in [0.717, 1.165) is 17.7 Å². The molecule has 3 heterocycles. The Labute approximate surface area is 189 Å². The van der Waals surface area contributed by atoms with Crippen molar-refractivity contribution in [1.29, 1.82) is 0 Å². The Morgan fingerprint density at radius 2 is 1.88 bits per heavy atom. The topological polar surface area (TPSA) is 77.1 Å². The van der Waals surface area contributed by atoms with Gasteiger partial charge < -0.3 is 5.32 Å². The molecule has 166 valence electrons. The van der Waals surface area contributed by atoms with Gasteiger partial charge in [0.2, 0.25) is 4.96 Å². The maximum absolute atomic E-state index is 13.6. The molecule has 0 atom stereocenters. The van der Waals surface area contributed by atoms with E-state index in [4.69, 9.17) is 0 Å². The molecule has 0 fully saturated rings. The molecule has 3 aromatic heterocycles. The Bertz CT molecular complexity index is 1470. The summed E-state index contributed by atoms with van der Waals surface area (Å²) in [5.74, 6) is -0.255. The summed E-state index contributed by atoms with van der Waals surface area (Å²) in [5, 5.41) is 11.1. The van der Waals surface area contributed by atoms with Crippen LogP contribution >= 0.6 is 11.3 Å². The fourth-order valence-corrected chi connectivity index (χ4v) is 4.10. The number of carbonyl (C=O) groups excluding carboxylic acids is 1. The molecule has 5 rings (SSSR count). The van der Waals surface area contributed by atoms with Gasteiger partial charge in [-0.3, -0.25) is 9.48 Å². The molecule has 0 aliphatic carbocycles.